The molecule has 3 atom stereocenters. The minimum absolute atomic E-state index is 0.188. The lowest BCUT2D eigenvalue weighted by molar-refractivity contribution is 0.138. The predicted octanol–water partition coefficient (Wildman–Crippen LogP) is 7.74. The van der Waals surface area contributed by atoms with E-state index in [0.29, 0.717) is 0 Å². The molecular weight excluding hydrogens is 472 g/mol. The lowest BCUT2D eigenvalue weighted by Crippen LogP contribution is -2.10. The molecule has 0 saturated carbocycles. The average molecular weight is 513 g/mol. The van der Waals surface area contributed by atoms with Crippen molar-refractivity contribution in [1.29, 1.82) is 0 Å². The number of rotatable bonds is 21. The predicted molar refractivity (Wildman–Crippen MR) is 144 cm³/mol. The highest BCUT2D eigenvalue weighted by molar-refractivity contribution is 8.00. The minimum Gasteiger partial charge on any atom is -0.499 e. The molecule has 1 heterocycles. The van der Waals surface area contributed by atoms with Gasteiger partial charge >= 0.3 is 0 Å². The van der Waals surface area contributed by atoms with E-state index in [1.54, 1.807) is 35.3 Å². The first-order valence-electron chi connectivity index (χ1n) is 11.7. The van der Waals surface area contributed by atoms with Crippen LogP contribution in [0.5, 0.6) is 0 Å². The van der Waals surface area contributed by atoms with Gasteiger partial charge in [0.25, 0.3) is 0 Å². The van der Waals surface area contributed by atoms with E-state index in [-0.39, 0.29) is 18.3 Å². The van der Waals surface area contributed by atoms with Crippen molar-refractivity contribution < 1.29 is 14.2 Å². The Morgan fingerprint density at radius 1 is 0.697 bits per heavy atom. The summed E-state index contributed by atoms with van der Waals surface area (Å²) in [6.07, 6.45) is 10.9. The van der Waals surface area contributed by atoms with E-state index in [1.165, 1.54) is 18.8 Å². The quantitative estimate of drug-likeness (QED) is 0.0717. The molecule has 0 aliphatic rings. The van der Waals surface area contributed by atoms with Gasteiger partial charge in [-0.15, -0.1) is 23.5 Å². The molecule has 0 fully saturated rings. The average Bonchev–Trinajstić information content (AvgIpc) is 2.82. The fraction of sp³-hybridized carbons (Fsp3) is 0.600. The van der Waals surface area contributed by atoms with E-state index in [0.717, 1.165) is 71.0 Å². The van der Waals surface area contributed by atoms with Gasteiger partial charge in [-0.1, -0.05) is 52.3 Å². The molecule has 0 radical (unpaired) electrons. The summed E-state index contributed by atoms with van der Waals surface area (Å²) in [6.45, 7) is 17.4. The fourth-order valence-electron chi connectivity index (χ4n) is 2.98. The standard InChI is InChI=1S/C25H40N2O3S3/c1-7-20(28-10-4)13-16-31-23-19-24(32-17-14-21(8-2)29-11-5)27-25(26-23)33-18-15-22(9-3)30-12-6/h10-12,19-22H,4-9,13-18H2,1-3H3. The third kappa shape index (κ3) is 13.3. The molecule has 1 aromatic heterocycles. The molecule has 186 valence electrons. The van der Waals surface area contributed by atoms with E-state index >= 15 is 0 Å². The molecule has 0 bridgehead atoms. The first-order chi connectivity index (χ1) is 16.1. The normalized spacial score (nSPS) is 13.5. The SMILES string of the molecule is C=COC(CC)CCSc1cc(SCCC(CC)OC=C)nc(SCCC(CC)OC=C)n1. The summed E-state index contributed by atoms with van der Waals surface area (Å²) in [6, 6.07) is 2.10. The van der Waals surface area contributed by atoms with Crippen molar-refractivity contribution in [3.8, 4) is 0 Å². The molecule has 5 nitrogen and oxygen atoms in total. The molecule has 0 spiro atoms. The van der Waals surface area contributed by atoms with Crippen LogP contribution in [0, 0.1) is 0 Å². The number of hydrogen-bond acceptors (Lipinski definition) is 8. The number of ether oxygens (including phenoxy) is 3. The maximum Gasteiger partial charge on any atom is 0.189 e. The molecular formula is C25H40N2O3S3. The molecule has 1 rings (SSSR count). The minimum atomic E-state index is 0.188. The molecule has 0 aromatic carbocycles. The zero-order chi connectivity index (χ0) is 24.3. The summed E-state index contributed by atoms with van der Waals surface area (Å²) in [4.78, 5) is 9.60. The summed E-state index contributed by atoms with van der Waals surface area (Å²) < 4.78 is 16.7. The van der Waals surface area contributed by atoms with Gasteiger partial charge in [0.15, 0.2) is 5.16 Å². The van der Waals surface area contributed by atoms with Gasteiger partial charge in [0.05, 0.1) is 37.1 Å². The van der Waals surface area contributed by atoms with E-state index < -0.39 is 0 Å². The van der Waals surface area contributed by atoms with Crippen molar-refractivity contribution in [2.24, 2.45) is 0 Å². The van der Waals surface area contributed by atoms with Crippen LogP contribution < -0.4 is 0 Å². The Morgan fingerprint density at radius 3 is 1.39 bits per heavy atom. The van der Waals surface area contributed by atoms with Crippen LogP contribution in [0.15, 0.2) is 59.8 Å². The molecule has 0 N–H and O–H groups in total. The Balaban J connectivity index is 2.77. The Labute approximate surface area is 213 Å². The van der Waals surface area contributed by atoms with Crippen LogP contribution in [0.25, 0.3) is 0 Å². The number of nitrogens with zero attached hydrogens (tertiary/aromatic N) is 2. The molecule has 0 aliphatic carbocycles. The van der Waals surface area contributed by atoms with Crippen molar-refractivity contribution in [2.45, 2.75) is 92.8 Å². The van der Waals surface area contributed by atoms with Crippen molar-refractivity contribution in [3.63, 3.8) is 0 Å². The third-order valence-electron chi connectivity index (χ3n) is 4.94. The molecule has 0 aliphatic heterocycles. The Bertz CT molecular complexity index is 588. The topological polar surface area (TPSA) is 53.5 Å². The second-order valence-corrected chi connectivity index (χ2v) is 10.5. The lowest BCUT2D eigenvalue weighted by Gasteiger charge is -2.15. The molecule has 3 unspecified atom stereocenters. The van der Waals surface area contributed by atoms with Gasteiger partial charge in [0.1, 0.15) is 10.1 Å². The highest BCUT2D eigenvalue weighted by Gasteiger charge is 2.12. The highest BCUT2D eigenvalue weighted by atomic mass is 32.2. The summed E-state index contributed by atoms with van der Waals surface area (Å²) >= 11 is 5.19. The van der Waals surface area contributed by atoms with Crippen molar-refractivity contribution >= 4 is 35.3 Å². The number of hydrogen-bond donors (Lipinski definition) is 0. The van der Waals surface area contributed by atoms with Gasteiger partial charge in [-0.05, 0) is 38.5 Å². The smallest absolute Gasteiger partial charge is 0.189 e. The highest BCUT2D eigenvalue weighted by Crippen LogP contribution is 2.28. The van der Waals surface area contributed by atoms with Crippen LogP contribution in [0.1, 0.15) is 59.3 Å². The van der Waals surface area contributed by atoms with Crippen LogP contribution in [-0.2, 0) is 14.2 Å². The lowest BCUT2D eigenvalue weighted by atomic mass is 10.2. The van der Waals surface area contributed by atoms with Gasteiger partial charge in [-0.2, -0.15) is 0 Å². The van der Waals surface area contributed by atoms with E-state index in [4.69, 9.17) is 24.2 Å². The largest absolute Gasteiger partial charge is 0.499 e. The van der Waals surface area contributed by atoms with Crippen LogP contribution in [0.3, 0.4) is 0 Å². The molecule has 0 amide bonds. The summed E-state index contributed by atoms with van der Waals surface area (Å²) in [5, 5.41) is 2.83. The number of thioether (sulfide) groups is 3. The maximum absolute atomic E-state index is 5.56. The third-order valence-corrected chi connectivity index (χ3v) is 7.71. The Kier molecular flexibility index (Phi) is 17.2. The molecule has 8 heteroatoms. The zero-order valence-corrected chi connectivity index (χ0v) is 22.8. The molecule has 1 aromatic rings. The summed E-state index contributed by atoms with van der Waals surface area (Å²) in [5.74, 6) is 2.78. The first-order valence-corrected chi connectivity index (χ1v) is 14.6. The second kappa shape index (κ2) is 19.1. The van der Waals surface area contributed by atoms with Gasteiger partial charge in [0, 0.05) is 23.3 Å². The van der Waals surface area contributed by atoms with E-state index in [9.17, 15) is 0 Å². The fourth-order valence-corrected chi connectivity index (χ4v) is 5.93. The zero-order valence-electron chi connectivity index (χ0n) is 20.4. The molecule has 33 heavy (non-hydrogen) atoms. The first kappa shape index (κ1) is 29.8. The second-order valence-electron chi connectivity index (χ2n) is 7.24. The van der Waals surface area contributed by atoms with Crippen molar-refractivity contribution in [2.75, 3.05) is 17.3 Å². The van der Waals surface area contributed by atoms with Crippen LogP contribution >= 0.6 is 35.3 Å². The van der Waals surface area contributed by atoms with E-state index in [2.05, 4.69) is 46.6 Å². The van der Waals surface area contributed by atoms with Gasteiger partial charge in [0.2, 0.25) is 0 Å². The maximum atomic E-state index is 5.56. The monoisotopic (exact) mass is 512 g/mol. The van der Waals surface area contributed by atoms with E-state index in [1.807, 2.05) is 0 Å². The summed E-state index contributed by atoms with van der Waals surface area (Å²) in [7, 11) is 0. The molecule has 0 saturated heterocycles. The van der Waals surface area contributed by atoms with Gasteiger partial charge in [-0.25, -0.2) is 9.97 Å². The van der Waals surface area contributed by atoms with Crippen LogP contribution in [0.2, 0.25) is 0 Å². The summed E-state index contributed by atoms with van der Waals surface area (Å²) in [5.41, 5.74) is 0. The van der Waals surface area contributed by atoms with Gasteiger partial charge in [-0.3, -0.25) is 0 Å². The van der Waals surface area contributed by atoms with Crippen LogP contribution in [-0.4, -0.2) is 45.5 Å². The Hall–Kier alpha value is -1.25. The Morgan fingerprint density at radius 2 is 1.06 bits per heavy atom. The number of aromatic nitrogens is 2. The van der Waals surface area contributed by atoms with Crippen LogP contribution in [0.4, 0.5) is 0 Å². The van der Waals surface area contributed by atoms with Gasteiger partial charge < -0.3 is 14.2 Å². The van der Waals surface area contributed by atoms with Crippen molar-refractivity contribution in [1.82, 2.24) is 9.97 Å². The van der Waals surface area contributed by atoms with Crippen molar-refractivity contribution in [3.05, 3.63) is 44.6 Å².